The lowest BCUT2D eigenvalue weighted by molar-refractivity contribution is 0.101. The van der Waals surface area contributed by atoms with Crippen LogP contribution in [0.5, 0.6) is 0 Å². The van der Waals surface area contributed by atoms with Gasteiger partial charge >= 0.3 is 0 Å². The highest BCUT2D eigenvalue weighted by molar-refractivity contribution is 5.34. The molecule has 3 rings (SSSR count). The maximum absolute atomic E-state index is 13.7. The van der Waals surface area contributed by atoms with Crippen molar-refractivity contribution in [1.82, 2.24) is 10.6 Å². The van der Waals surface area contributed by atoms with Gasteiger partial charge in [-0.05, 0) is 60.4 Å². The second kappa shape index (κ2) is 11.9. The van der Waals surface area contributed by atoms with Crippen LogP contribution in [0.4, 0.5) is 13.2 Å². The van der Waals surface area contributed by atoms with Gasteiger partial charge in [-0.15, -0.1) is 0 Å². The molecule has 0 saturated heterocycles. The molecule has 0 radical (unpaired) electrons. The molecule has 194 valence electrons. The third-order valence-electron chi connectivity index (χ3n) is 7.14. The average molecular weight is 491 g/mol. The first-order valence-corrected chi connectivity index (χ1v) is 12.8. The van der Waals surface area contributed by atoms with Crippen LogP contribution in [0.25, 0.3) is 0 Å². The molecule has 2 aromatic carbocycles. The standard InChI is InChI=1S/C29H41F3N2O/c1-20(30)18-33-26(15-21-13-24(31)17-25(32)14-21)27(35)19-34-29(11-6-5-7-12-29)23-10-8-9-22(16-23)28(2,3)4/h8-10,13-14,16-17,20,26-27,33-35H,5-7,11-12,15,18-19H2,1-4H3. The van der Waals surface area contributed by atoms with E-state index in [2.05, 4.69) is 55.7 Å². The van der Waals surface area contributed by atoms with Gasteiger partial charge < -0.3 is 15.7 Å². The number of aliphatic hydroxyl groups is 1. The monoisotopic (exact) mass is 490 g/mol. The zero-order valence-corrected chi connectivity index (χ0v) is 21.5. The summed E-state index contributed by atoms with van der Waals surface area (Å²) in [4.78, 5) is 0. The Bertz CT molecular complexity index is 931. The van der Waals surface area contributed by atoms with Gasteiger partial charge in [-0.2, -0.15) is 0 Å². The fourth-order valence-electron chi connectivity index (χ4n) is 5.09. The van der Waals surface area contributed by atoms with Crippen LogP contribution in [-0.2, 0) is 17.4 Å². The molecule has 3 atom stereocenters. The number of alkyl halides is 1. The van der Waals surface area contributed by atoms with E-state index in [1.165, 1.54) is 36.6 Å². The minimum absolute atomic E-state index is 0.0314. The minimum Gasteiger partial charge on any atom is -0.390 e. The van der Waals surface area contributed by atoms with Crippen LogP contribution in [0.2, 0.25) is 0 Å². The van der Waals surface area contributed by atoms with Crippen LogP contribution in [0, 0.1) is 11.6 Å². The zero-order valence-electron chi connectivity index (χ0n) is 21.5. The predicted molar refractivity (Wildman–Crippen MR) is 136 cm³/mol. The Morgan fingerprint density at radius 2 is 1.63 bits per heavy atom. The Labute approximate surface area is 208 Å². The molecule has 2 aromatic rings. The Morgan fingerprint density at radius 3 is 2.23 bits per heavy atom. The first-order chi connectivity index (χ1) is 16.5. The molecule has 1 fully saturated rings. The lowest BCUT2D eigenvalue weighted by Crippen LogP contribution is -2.53. The number of benzene rings is 2. The summed E-state index contributed by atoms with van der Waals surface area (Å²) in [5.41, 5.74) is 2.71. The van der Waals surface area contributed by atoms with Crippen LogP contribution in [0.1, 0.15) is 76.5 Å². The molecular weight excluding hydrogens is 449 g/mol. The molecule has 6 heteroatoms. The molecule has 1 aliphatic carbocycles. The van der Waals surface area contributed by atoms with E-state index in [-0.39, 0.29) is 30.5 Å². The molecule has 0 amide bonds. The summed E-state index contributed by atoms with van der Waals surface area (Å²) >= 11 is 0. The summed E-state index contributed by atoms with van der Waals surface area (Å²) in [7, 11) is 0. The third kappa shape index (κ3) is 7.80. The molecule has 3 N–H and O–H groups in total. The smallest absolute Gasteiger partial charge is 0.126 e. The van der Waals surface area contributed by atoms with Crippen molar-refractivity contribution in [3.63, 3.8) is 0 Å². The summed E-state index contributed by atoms with van der Waals surface area (Å²) in [6.45, 7) is 8.39. The molecule has 0 spiro atoms. The van der Waals surface area contributed by atoms with E-state index < -0.39 is 30.0 Å². The van der Waals surface area contributed by atoms with Crippen molar-refractivity contribution in [2.24, 2.45) is 0 Å². The maximum Gasteiger partial charge on any atom is 0.126 e. The Balaban J connectivity index is 1.80. The van der Waals surface area contributed by atoms with Crippen LogP contribution >= 0.6 is 0 Å². The van der Waals surface area contributed by atoms with Crippen LogP contribution in [0.3, 0.4) is 0 Å². The largest absolute Gasteiger partial charge is 0.390 e. The third-order valence-corrected chi connectivity index (χ3v) is 7.14. The molecular formula is C29H41F3N2O. The van der Waals surface area contributed by atoms with Gasteiger partial charge in [0, 0.05) is 30.7 Å². The molecule has 0 aromatic heterocycles. The number of hydrogen-bond donors (Lipinski definition) is 3. The summed E-state index contributed by atoms with van der Waals surface area (Å²) in [5, 5.41) is 17.9. The Kier molecular flexibility index (Phi) is 9.41. The van der Waals surface area contributed by atoms with Gasteiger partial charge in [-0.25, -0.2) is 13.2 Å². The number of hydrogen-bond acceptors (Lipinski definition) is 3. The number of aliphatic hydroxyl groups excluding tert-OH is 1. The Morgan fingerprint density at radius 1 is 0.971 bits per heavy atom. The molecule has 3 unspecified atom stereocenters. The fraction of sp³-hybridized carbons (Fsp3) is 0.586. The van der Waals surface area contributed by atoms with Gasteiger partial charge in [0.05, 0.1) is 6.10 Å². The van der Waals surface area contributed by atoms with Gasteiger partial charge in [0.15, 0.2) is 0 Å². The van der Waals surface area contributed by atoms with Crippen molar-refractivity contribution in [1.29, 1.82) is 0 Å². The van der Waals surface area contributed by atoms with Crippen LogP contribution < -0.4 is 10.6 Å². The van der Waals surface area contributed by atoms with E-state index in [1.54, 1.807) is 0 Å². The van der Waals surface area contributed by atoms with Gasteiger partial charge in [0.2, 0.25) is 0 Å². The highest BCUT2D eigenvalue weighted by atomic mass is 19.1. The van der Waals surface area contributed by atoms with Crippen molar-refractivity contribution in [3.05, 3.63) is 70.8 Å². The van der Waals surface area contributed by atoms with Gasteiger partial charge in [0.25, 0.3) is 0 Å². The predicted octanol–water partition coefficient (Wildman–Crippen LogP) is 5.93. The first kappa shape index (κ1) is 27.7. The zero-order chi connectivity index (χ0) is 25.6. The molecule has 1 saturated carbocycles. The summed E-state index contributed by atoms with van der Waals surface area (Å²) in [6, 6.07) is 11.5. The molecule has 3 nitrogen and oxygen atoms in total. The van der Waals surface area contributed by atoms with Crippen LogP contribution in [0.15, 0.2) is 42.5 Å². The minimum atomic E-state index is -1.10. The van der Waals surface area contributed by atoms with Crippen molar-refractivity contribution >= 4 is 0 Å². The molecule has 0 aliphatic heterocycles. The molecule has 0 bridgehead atoms. The highest BCUT2D eigenvalue weighted by Crippen LogP contribution is 2.38. The SMILES string of the molecule is CC(F)CNC(Cc1cc(F)cc(F)c1)C(O)CNC1(c2cccc(C(C)(C)C)c2)CCCCC1. The van der Waals surface area contributed by atoms with Crippen molar-refractivity contribution < 1.29 is 18.3 Å². The van der Waals surface area contributed by atoms with E-state index in [0.717, 1.165) is 31.7 Å². The number of rotatable bonds is 10. The molecule has 0 heterocycles. The van der Waals surface area contributed by atoms with Gasteiger partial charge in [-0.3, -0.25) is 0 Å². The van der Waals surface area contributed by atoms with E-state index in [0.29, 0.717) is 5.56 Å². The summed E-state index contributed by atoms with van der Waals surface area (Å²) in [5.74, 6) is -1.32. The lowest BCUT2D eigenvalue weighted by Gasteiger charge is -2.41. The first-order valence-electron chi connectivity index (χ1n) is 12.8. The topological polar surface area (TPSA) is 44.3 Å². The molecule has 35 heavy (non-hydrogen) atoms. The van der Waals surface area contributed by atoms with E-state index in [9.17, 15) is 18.3 Å². The highest BCUT2D eigenvalue weighted by Gasteiger charge is 2.35. The van der Waals surface area contributed by atoms with E-state index in [4.69, 9.17) is 0 Å². The summed E-state index contributed by atoms with van der Waals surface area (Å²) in [6.07, 6.45) is 3.56. The maximum atomic E-state index is 13.7. The van der Waals surface area contributed by atoms with Crippen molar-refractivity contribution in [2.45, 2.75) is 95.5 Å². The lowest BCUT2D eigenvalue weighted by atomic mass is 9.74. The van der Waals surface area contributed by atoms with Crippen LogP contribution in [-0.4, -0.2) is 36.5 Å². The quantitative estimate of drug-likeness (QED) is 0.387. The normalized spacial score (nSPS) is 18.7. The van der Waals surface area contributed by atoms with Gasteiger partial charge in [-0.1, -0.05) is 64.3 Å². The number of halogens is 3. The second-order valence-electron chi connectivity index (χ2n) is 11.2. The Hall–Kier alpha value is -1.89. The van der Waals surface area contributed by atoms with E-state index in [1.807, 2.05) is 0 Å². The van der Waals surface area contributed by atoms with Crippen molar-refractivity contribution in [3.8, 4) is 0 Å². The fourth-order valence-corrected chi connectivity index (χ4v) is 5.09. The second-order valence-corrected chi connectivity index (χ2v) is 11.2. The van der Waals surface area contributed by atoms with Gasteiger partial charge in [0.1, 0.15) is 17.8 Å². The average Bonchev–Trinajstić information content (AvgIpc) is 2.79. The van der Waals surface area contributed by atoms with Crippen molar-refractivity contribution in [2.75, 3.05) is 13.1 Å². The molecule has 1 aliphatic rings. The number of nitrogens with one attached hydrogen (secondary N) is 2. The van der Waals surface area contributed by atoms with E-state index >= 15 is 0 Å². The summed E-state index contributed by atoms with van der Waals surface area (Å²) < 4.78 is 41.1.